The van der Waals surface area contributed by atoms with Crippen molar-refractivity contribution < 1.29 is 50.0 Å². The van der Waals surface area contributed by atoms with E-state index in [9.17, 15) is 0 Å². The van der Waals surface area contributed by atoms with E-state index in [1.54, 1.807) is 0 Å². The third kappa shape index (κ3) is 4.56. The molecule has 0 unspecified atom stereocenters. The topological polar surface area (TPSA) is 9.23 Å². The van der Waals surface area contributed by atoms with Crippen molar-refractivity contribution in [3.05, 3.63) is 21.8 Å². The molecule has 1 aliphatic rings. The summed E-state index contributed by atoms with van der Waals surface area (Å²) < 4.78 is 6.81. The minimum atomic E-state index is 0. The molecule has 0 atom stereocenters. The van der Waals surface area contributed by atoms with Crippen molar-refractivity contribution in [2.75, 3.05) is 6.61 Å². The van der Waals surface area contributed by atoms with Gasteiger partial charge in [-0.1, -0.05) is 0 Å². The Balaban J connectivity index is 0. The Bertz CT molecular complexity index is 178. The average molecular weight is 242 g/mol. The molecule has 0 fully saturated rings. The maximum atomic E-state index is 5.46. The minimum absolute atomic E-state index is 0. The van der Waals surface area contributed by atoms with Crippen molar-refractivity contribution in [3.8, 4) is 0 Å². The van der Waals surface area contributed by atoms with Gasteiger partial charge < -0.3 is 24.8 Å². The number of ether oxygens (including phenoxy) is 1. The normalized spacial score (nSPS) is 13.9. The monoisotopic (exact) mass is 241 g/mol. The fraction of sp³-hybridized carbons (Fsp3) is 0.500. The molecule has 1 rings (SSSR count). The van der Waals surface area contributed by atoms with Crippen LogP contribution in [0.15, 0.2) is 21.8 Å². The number of hydrogen-bond donors (Lipinski definition) is 0. The van der Waals surface area contributed by atoms with Crippen LogP contribution in [0.3, 0.4) is 0 Å². The van der Waals surface area contributed by atoms with Crippen molar-refractivity contribution in [2.24, 2.45) is 0 Å². The molecule has 1 aliphatic carbocycles. The molecule has 0 aromatic rings. The smallest absolute Gasteiger partial charge is 1.00 e. The number of rotatable bonds is 3. The molecule has 0 amide bonds. The standard InChI is InChI=1S/C8H11O.2ClH.Ti/c1-2-7-9-8-5-3-4-6-8;;;/h3,5H,2,4,7H2,1H3;2*1H;/q;;;+2/p-2. The van der Waals surface area contributed by atoms with Crippen molar-refractivity contribution in [1.82, 2.24) is 0 Å². The summed E-state index contributed by atoms with van der Waals surface area (Å²) in [5.41, 5.74) is 0. The molecule has 0 aromatic heterocycles. The Morgan fingerprint density at radius 1 is 1.50 bits per heavy atom. The van der Waals surface area contributed by atoms with Gasteiger partial charge >= 0.3 is 73.3 Å². The third-order valence-electron chi connectivity index (χ3n) is 1.35. The molecule has 4 heteroatoms. The largest absolute Gasteiger partial charge is 1.00 e. The van der Waals surface area contributed by atoms with E-state index >= 15 is 0 Å². The van der Waals surface area contributed by atoms with E-state index in [1.807, 2.05) is 0 Å². The first-order chi connectivity index (χ1) is 4.84. The summed E-state index contributed by atoms with van der Waals surface area (Å²) in [4.78, 5) is 0. The van der Waals surface area contributed by atoms with Crippen molar-refractivity contribution in [2.45, 2.75) is 19.8 Å². The summed E-state index contributed by atoms with van der Waals surface area (Å²) >= 11 is 2.12. The summed E-state index contributed by atoms with van der Waals surface area (Å²) in [6, 6.07) is 0. The zero-order valence-corrected chi connectivity index (χ0v) is 10.0. The van der Waals surface area contributed by atoms with Crippen LogP contribution >= 0.6 is 0 Å². The molecule has 0 spiro atoms. The van der Waals surface area contributed by atoms with Crippen LogP contribution in [0, 0.1) is 0 Å². The van der Waals surface area contributed by atoms with Crippen molar-refractivity contribution >= 4 is 0 Å². The maximum absolute atomic E-state index is 5.46. The van der Waals surface area contributed by atoms with Crippen LogP contribution in [0.5, 0.6) is 0 Å². The van der Waals surface area contributed by atoms with Crippen LogP contribution in [-0.4, -0.2) is 6.61 Å². The molecule has 0 saturated carbocycles. The quantitative estimate of drug-likeness (QED) is 0.460. The van der Waals surface area contributed by atoms with E-state index in [1.165, 1.54) is 3.88 Å². The summed E-state index contributed by atoms with van der Waals surface area (Å²) in [7, 11) is 0. The summed E-state index contributed by atoms with van der Waals surface area (Å²) in [6.07, 6.45) is 6.36. The first-order valence-electron chi connectivity index (χ1n) is 3.58. The molecule has 0 heterocycles. The zero-order valence-electron chi connectivity index (χ0n) is 6.94. The van der Waals surface area contributed by atoms with Crippen molar-refractivity contribution in [3.63, 3.8) is 0 Å². The predicted octanol–water partition coefficient (Wildman–Crippen LogP) is -3.86. The van der Waals surface area contributed by atoms with Crippen LogP contribution in [0.4, 0.5) is 0 Å². The molecular weight excluding hydrogens is 231 g/mol. The van der Waals surface area contributed by atoms with E-state index < -0.39 is 0 Å². The SMILES string of the molecule is CCCOC1=[C]([Ti+2])CC=C1.[Cl-].[Cl-]. The number of halogens is 2. The molecule has 0 aliphatic heterocycles. The van der Waals surface area contributed by atoms with Gasteiger partial charge in [0.2, 0.25) is 0 Å². The Hall–Kier alpha value is 0.574. The van der Waals surface area contributed by atoms with Gasteiger partial charge in [0, 0.05) is 0 Å². The van der Waals surface area contributed by atoms with E-state index in [-0.39, 0.29) is 24.8 Å². The molecular formula is C8H11Cl2OTi. The van der Waals surface area contributed by atoms with Gasteiger partial charge in [0.15, 0.2) is 0 Å². The van der Waals surface area contributed by atoms with Crippen LogP contribution in [-0.2, 0) is 25.2 Å². The van der Waals surface area contributed by atoms with Gasteiger partial charge in [0.05, 0.1) is 0 Å². The second-order valence-electron chi connectivity index (χ2n) is 2.30. The predicted molar refractivity (Wildman–Crippen MR) is 37.0 cm³/mol. The van der Waals surface area contributed by atoms with Gasteiger partial charge in [-0.3, -0.25) is 0 Å². The second-order valence-corrected chi connectivity index (χ2v) is 3.24. The van der Waals surface area contributed by atoms with Crippen LogP contribution in [0.2, 0.25) is 0 Å². The molecule has 12 heavy (non-hydrogen) atoms. The van der Waals surface area contributed by atoms with E-state index in [0.717, 1.165) is 25.2 Å². The van der Waals surface area contributed by atoms with E-state index in [4.69, 9.17) is 4.74 Å². The molecule has 0 N–H and O–H groups in total. The van der Waals surface area contributed by atoms with E-state index in [2.05, 4.69) is 39.5 Å². The van der Waals surface area contributed by atoms with Gasteiger partial charge in [0.25, 0.3) is 0 Å². The third-order valence-corrected chi connectivity index (χ3v) is 2.05. The van der Waals surface area contributed by atoms with E-state index in [0.29, 0.717) is 0 Å². The summed E-state index contributed by atoms with van der Waals surface area (Å²) in [5, 5.41) is 0. The first kappa shape index (κ1) is 15.1. The molecule has 67 valence electrons. The maximum Gasteiger partial charge on any atom is -1.00 e. The molecule has 0 bridgehead atoms. The Labute approximate surface area is 97.9 Å². The molecule has 0 aromatic carbocycles. The minimum Gasteiger partial charge on any atom is -1.00 e. The zero-order chi connectivity index (χ0) is 7.40. The van der Waals surface area contributed by atoms with Crippen LogP contribution in [0.25, 0.3) is 0 Å². The fourth-order valence-corrected chi connectivity index (χ4v) is 1.26. The van der Waals surface area contributed by atoms with Gasteiger partial charge in [-0.15, -0.1) is 0 Å². The number of allylic oxidation sites excluding steroid dienone is 3. The first-order valence-corrected chi connectivity index (χ1v) is 4.36. The van der Waals surface area contributed by atoms with Gasteiger partial charge in [0.1, 0.15) is 0 Å². The van der Waals surface area contributed by atoms with Gasteiger partial charge in [-0.25, -0.2) is 0 Å². The summed E-state index contributed by atoms with van der Waals surface area (Å²) in [5.74, 6) is 1.09. The number of hydrogen-bond acceptors (Lipinski definition) is 1. The molecule has 0 radical (unpaired) electrons. The van der Waals surface area contributed by atoms with Crippen molar-refractivity contribution in [1.29, 1.82) is 0 Å². The van der Waals surface area contributed by atoms with Crippen LogP contribution in [0.1, 0.15) is 19.8 Å². The Kier molecular flexibility index (Phi) is 10.3. The molecule has 0 saturated heterocycles. The Morgan fingerprint density at radius 3 is 2.58 bits per heavy atom. The van der Waals surface area contributed by atoms with Gasteiger partial charge in [-0.05, 0) is 0 Å². The summed E-state index contributed by atoms with van der Waals surface area (Å²) in [6.45, 7) is 2.96. The molecule has 1 nitrogen and oxygen atoms in total. The van der Waals surface area contributed by atoms with Gasteiger partial charge in [-0.2, -0.15) is 0 Å². The fourth-order valence-electron chi connectivity index (χ4n) is 0.832. The van der Waals surface area contributed by atoms with Crippen LogP contribution < -0.4 is 24.8 Å². The average Bonchev–Trinajstić information content (AvgIpc) is 2.31. The second kappa shape index (κ2) is 8.19. The Morgan fingerprint density at radius 2 is 2.17 bits per heavy atom.